The average molecular weight is 423 g/mol. The van der Waals surface area contributed by atoms with Gasteiger partial charge in [-0.3, -0.25) is 9.69 Å². The van der Waals surface area contributed by atoms with Crippen LogP contribution in [0.1, 0.15) is 69.4 Å². The fraction of sp³-hybridized carbons (Fsp3) is 0.542. The minimum Gasteiger partial charge on any atom is -0.350 e. The number of aromatic amines is 1. The third kappa shape index (κ3) is 4.37. The summed E-state index contributed by atoms with van der Waals surface area (Å²) in [4.78, 5) is 23.4. The lowest BCUT2D eigenvalue weighted by Crippen LogP contribution is -2.20. The number of allylic oxidation sites excluding steroid dienone is 2. The highest BCUT2D eigenvalue weighted by Crippen LogP contribution is 2.22. The van der Waals surface area contributed by atoms with Crippen molar-refractivity contribution in [2.45, 2.75) is 66.0 Å². The van der Waals surface area contributed by atoms with Crippen molar-refractivity contribution in [1.82, 2.24) is 29.2 Å². The molecule has 0 atom stereocenters. The second kappa shape index (κ2) is 8.83. The van der Waals surface area contributed by atoms with Crippen molar-refractivity contribution in [3.63, 3.8) is 0 Å². The van der Waals surface area contributed by atoms with Gasteiger partial charge in [0.05, 0.1) is 12.2 Å². The number of rotatable bonds is 7. The summed E-state index contributed by atoms with van der Waals surface area (Å²) in [5.41, 5.74) is 5.03. The topological polar surface area (TPSA) is 71.7 Å². The maximum atomic E-state index is 13.0. The molecule has 3 aromatic rings. The molecule has 1 N–H and O–H groups in total. The number of fused-ring (bicyclic) bond motifs is 1. The second-order valence-electron chi connectivity index (χ2n) is 9.08. The van der Waals surface area contributed by atoms with Crippen molar-refractivity contribution in [3.8, 4) is 0 Å². The van der Waals surface area contributed by atoms with Gasteiger partial charge in [-0.2, -0.15) is 5.10 Å². The number of likely N-dealkylation sites (tertiary alicyclic amines) is 1. The van der Waals surface area contributed by atoms with Gasteiger partial charge in [0.25, 0.3) is 5.56 Å². The van der Waals surface area contributed by atoms with Crippen molar-refractivity contribution in [1.29, 1.82) is 0 Å². The first kappa shape index (κ1) is 21.6. The Kier molecular flexibility index (Phi) is 6.14. The summed E-state index contributed by atoms with van der Waals surface area (Å²) >= 11 is 0. The smallest absolute Gasteiger partial charge is 0.262 e. The minimum atomic E-state index is -0.0976. The number of hydrogen-bond donors (Lipinski definition) is 1. The lowest BCUT2D eigenvalue weighted by Gasteiger charge is -2.16. The normalized spacial score (nSPS) is 15.6. The molecular weight excluding hydrogens is 388 g/mol. The molecule has 0 radical (unpaired) electrons. The van der Waals surface area contributed by atoms with Crippen LogP contribution in [-0.4, -0.2) is 42.3 Å². The Balaban J connectivity index is 1.68. The second-order valence-corrected chi connectivity index (χ2v) is 9.08. The van der Waals surface area contributed by atoms with Gasteiger partial charge < -0.3 is 9.55 Å². The predicted octanol–water partition coefficient (Wildman–Crippen LogP) is 3.73. The summed E-state index contributed by atoms with van der Waals surface area (Å²) in [7, 11) is 2.11. The van der Waals surface area contributed by atoms with Crippen LogP contribution in [-0.2, 0) is 26.6 Å². The van der Waals surface area contributed by atoms with E-state index in [0.29, 0.717) is 29.8 Å². The standard InChI is InChI=1S/C24H34N6O/c1-6-17(4)14-30-23-21(22(27-30)16(2)3)24(31)26-20(25-23)13-18-9-10-19(28(18)5)15-29-11-7-8-12-29/h6,9-10,16H,7-8,11-15H2,1-5H3,(H,25,26,31)/b17-6-. The first-order valence-corrected chi connectivity index (χ1v) is 11.3. The molecule has 0 aliphatic carbocycles. The maximum absolute atomic E-state index is 13.0. The summed E-state index contributed by atoms with van der Waals surface area (Å²) in [5, 5.41) is 5.36. The largest absolute Gasteiger partial charge is 0.350 e. The zero-order chi connectivity index (χ0) is 22.1. The summed E-state index contributed by atoms with van der Waals surface area (Å²) in [6.45, 7) is 12.2. The summed E-state index contributed by atoms with van der Waals surface area (Å²) in [6, 6.07) is 4.34. The molecule has 7 heteroatoms. The van der Waals surface area contributed by atoms with E-state index < -0.39 is 0 Å². The fourth-order valence-corrected chi connectivity index (χ4v) is 4.36. The minimum absolute atomic E-state index is 0.0976. The van der Waals surface area contributed by atoms with Gasteiger partial charge in [-0.25, -0.2) is 9.67 Å². The van der Waals surface area contributed by atoms with Gasteiger partial charge in [0, 0.05) is 31.4 Å². The van der Waals surface area contributed by atoms with E-state index in [-0.39, 0.29) is 11.5 Å². The Morgan fingerprint density at radius 1 is 1.23 bits per heavy atom. The van der Waals surface area contributed by atoms with E-state index in [1.165, 1.54) is 37.2 Å². The molecule has 0 aromatic carbocycles. The van der Waals surface area contributed by atoms with Gasteiger partial charge >= 0.3 is 0 Å². The predicted molar refractivity (Wildman–Crippen MR) is 124 cm³/mol. The molecule has 31 heavy (non-hydrogen) atoms. The van der Waals surface area contributed by atoms with Crippen LogP contribution in [0.2, 0.25) is 0 Å². The number of aromatic nitrogens is 5. The molecule has 4 heterocycles. The molecule has 1 aliphatic heterocycles. The van der Waals surface area contributed by atoms with E-state index >= 15 is 0 Å². The van der Waals surface area contributed by atoms with Crippen LogP contribution in [0.3, 0.4) is 0 Å². The van der Waals surface area contributed by atoms with Gasteiger partial charge in [-0.05, 0) is 57.8 Å². The van der Waals surface area contributed by atoms with Crippen molar-refractivity contribution in [3.05, 3.63) is 57.0 Å². The van der Waals surface area contributed by atoms with Gasteiger partial charge in [-0.15, -0.1) is 0 Å². The lowest BCUT2D eigenvalue weighted by molar-refractivity contribution is 0.323. The third-order valence-corrected chi connectivity index (χ3v) is 6.38. The monoisotopic (exact) mass is 422 g/mol. The lowest BCUT2D eigenvalue weighted by atomic mass is 10.1. The van der Waals surface area contributed by atoms with Gasteiger partial charge in [0.15, 0.2) is 5.65 Å². The molecule has 0 spiro atoms. The number of nitrogens with one attached hydrogen (secondary N) is 1. The fourth-order valence-electron chi connectivity index (χ4n) is 4.36. The number of H-pyrrole nitrogens is 1. The average Bonchev–Trinajstić information content (AvgIpc) is 3.45. The van der Waals surface area contributed by atoms with E-state index in [1.54, 1.807) is 0 Å². The molecule has 4 rings (SSSR count). The van der Waals surface area contributed by atoms with E-state index in [4.69, 9.17) is 10.1 Å². The molecule has 1 aliphatic rings. The zero-order valence-corrected chi connectivity index (χ0v) is 19.4. The Bertz CT molecular complexity index is 1160. The van der Waals surface area contributed by atoms with E-state index in [1.807, 2.05) is 11.6 Å². The van der Waals surface area contributed by atoms with E-state index in [9.17, 15) is 4.79 Å². The highest BCUT2D eigenvalue weighted by Gasteiger charge is 2.20. The number of nitrogens with zero attached hydrogens (tertiary/aromatic N) is 5. The van der Waals surface area contributed by atoms with Crippen LogP contribution in [0, 0.1) is 0 Å². The van der Waals surface area contributed by atoms with Crippen LogP contribution in [0.15, 0.2) is 28.6 Å². The van der Waals surface area contributed by atoms with Crippen molar-refractivity contribution >= 4 is 11.0 Å². The highest BCUT2D eigenvalue weighted by atomic mass is 16.1. The summed E-state index contributed by atoms with van der Waals surface area (Å²) < 4.78 is 4.12. The Hall–Kier alpha value is -2.67. The molecule has 1 saturated heterocycles. The Labute approximate surface area is 183 Å². The van der Waals surface area contributed by atoms with Crippen molar-refractivity contribution < 1.29 is 0 Å². The molecule has 0 unspecified atom stereocenters. The van der Waals surface area contributed by atoms with E-state index in [0.717, 1.165) is 17.9 Å². The molecular formula is C24H34N6O. The quantitative estimate of drug-likeness (QED) is 0.589. The van der Waals surface area contributed by atoms with Crippen molar-refractivity contribution in [2.24, 2.45) is 7.05 Å². The first-order valence-electron chi connectivity index (χ1n) is 11.3. The summed E-state index contributed by atoms with van der Waals surface area (Å²) in [5.74, 6) is 0.838. The molecule has 3 aromatic heterocycles. The molecule has 166 valence electrons. The maximum Gasteiger partial charge on any atom is 0.262 e. The zero-order valence-electron chi connectivity index (χ0n) is 19.4. The molecule has 1 fully saturated rings. The highest BCUT2D eigenvalue weighted by molar-refractivity contribution is 5.78. The van der Waals surface area contributed by atoms with Gasteiger partial charge in [0.1, 0.15) is 11.2 Å². The molecule has 0 amide bonds. The SMILES string of the molecule is C/C=C(/C)Cn1nc(C(C)C)c2c(=O)[nH]c(Cc3ccc(CN4CCCC4)n3C)nc21. The molecule has 7 nitrogen and oxygen atoms in total. The third-order valence-electron chi connectivity index (χ3n) is 6.38. The summed E-state index contributed by atoms with van der Waals surface area (Å²) in [6.07, 6.45) is 5.25. The van der Waals surface area contributed by atoms with Crippen LogP contribution in [0.25, 0.3) is 11.0 Å². The Morgan fingerprint density at radius 2 is 1.94 bits per heavy atom. The van der Waals surface area contributed by atoms with Crippen LogP contribution in [0.4, 0.5) is 0 Å². The van der Waals surface area contributed by atoms with Crippen LogP contribution in [0.5, 0.6) is 0 Å². The number of hydrogen-bond acceptors (Lipinski definition) is 4. The van der Waals surface area contributed by atoms with E-state index in [2.05, 4.69) is 60.5 Å². The Morgan fingerprint density at radius 3 is 2.61 bits per heavy atom. The van der Waals surface area contributed by atoms with Crippen molar-refractivity contribution in [2.75, 3.05) is 13.1 Å². The molecule has 0 saturated carbocycles. The van der Waals surface area contributed by atoms with Crippen LogP contribution < -0.4 is 5.56 Å². The van der Waals surface area contributed by atoms with Gasteiger partial charge in [-0.1, -0.05) is 25.5 Å². The first-order chi connectivity index (χ1) is 14.9. The molecule has 0 bridgehead atoms. The van der Waals surface area contributed by atoms with Gasteiger partial charge in [0.2, 0.25) is 0 Å². The van der Waals surface area contributed by atoms with Crippen LogP contribution >= 0.6 is 0 Å².